The lowest BCUT2D eigenvalue weighted by atomic mass is 9.93. The van der Waals surface area contributed by atoms with Crippen molar-refractivity contribution in [3.05, 3.63) is 0 Å². The van der Waals surface area contributed by atoms with Crippen LogP contribution in [0, 0.1) is 5.41 Å². The van der Waals surface area contributed by atoms with Crippen molar-refractivity contribution in [1.82, 2.24) is 5.32 Å². The molecule has 2 heteroatoms. The molecule has 2 nitrogen and oxygen atoms in total. The second-order valence-electron chi connectivity index (χ2n) is 5.45. The first-order valence-electron chi connectivity index (χ1n) is 5.00. The molecule has 0 aliphatic heterocycles. The number of rotatable bonds is 1. The van der Waals surface area contributed by atoms with Crippen molar-refractivity contribution in [1.29, 1.82) is 0 Å². The molecule has 0 aliphatic carbocycles. The standard InChI is InChI=1S/C11H24N2/c1-8-12-9(10(2,3)4)13-11(5,6)7/h8H2,1-7H3,(H,12,13). The van der Waals surface area contributed by atoms with Gasteiger partial charge in [0.2, 0.25) is 0 Å². The van der Waals surface area contributed by atoms with Gasteiger partial charge in [-0.3, -0.25) is 4.99 Å². The number of nitrogens with zero attached hydrogens (tertiary/aromatic N) is 1. The van der Waals surface area contributed by atoms with Crippen molar-refractivity contribution in [2.45, 2.75) is 54.0 Å². The fourth-order valence-electron chi connectivity index (χ4n) is 0.978. The Kier molecular flexibility index (Phi) is 3.95. The molecule has 0 heterocycles. The van der Waals surface area contributed by atoms with E-state index in [1.54, 1.807) is 0 Å². The van der Waals surface area contributed by atoms with Crippen molar-refractivity contribution in [3.8, 4) is 0 Å². The second kappa shape index (κ2) is 4.12. The molecule has 0 saturated heterocycles. The molecule has 0 unspecified atom stereocenters. The molecule has 1 N–H and O–H groups in total. The molecule has 78 valence electrons. The number of aliphatic imine (C=N–C) groups is 1. The minimum Gasteiger partial charge on any atom is -0.369 e. The smallest absolute Gasteiger partial charge is 0.102 e. The normalized spacial score (nSPS) is 14.5. The summed E-state index contributed by atoms with van der Waals surface area (Å²) in [5, 5.41) is 3.45. The summed E-state index contributed by atoms with van der Waals surface area (Å²) in [6, 6.07) is 0. The van der Waals surface area contributed by atoms with E-state index in [0.29, 0.717) is 0 Å². The van der Waals surface area contributed by atoms with Crippen LogP contribution in [0.4, 0.5) is 0 Å². The summed E-state index contributed by atoms with van der Waals surface area (Å²) < 4.78 is 0. The third-order valence-electron chi connectivity index (χ3n) is 1.52. The summed E-state index contributed by atoms with van der Waals surface area (Å²) in [6.07, 6.45) is 0. The first kappa shape index (κ1) is 12.5. The molecule has 0 spiro atoms. The van der Waals surface area contributed by atoms with E-state index in [-0.39, 0.29) is 11.0 Å². The van der Waals surface area contributed by atoms with Gasteiger partial charge in [-0.1, -0.05) is 20.8 Å². The molecule has 0 radical (unpaired) electrons. The Hall–Kier alpha value is -0.530. The topological polar surface area (TPSA) is 24.4 Å². The van der Waals surface area contributed by atoms with Crippen molar-refractivity contribution in [3.63, 3.8) is 0 Å². The monoisotopic (exact) mass is 184 g/mol. The molecule has 0 aromatic rings. The van der Waals surface area contributed by atoms with Gasteiger partial charge in [-0.25, -0.2) is 0 Å². The Morgan fingerprint density at radius 3 is 1.77 bits per heavy atom. The highest BCUT2D eigenvalue weighted by Gasteiger charge is 2.22. The molecule has 13 heavy (non-hydrogen) atoms. The van der Waals surface area contributed by atoms with Crippen LogP contribution < -0.4 is 5.32 Å². The van der Waals surface area contributed by atoms with Gasteiger partial charge in [0, 0.05) is 17.5 Å². The largest absolute Gasteiger partial charge is 0.369 e. The van der Waals surface area contributed by atoms with Gasteiger partial charge in [0.1, 0.15) is 5.84 Å². The molecule has 0 aromatic carbocycles. The van der Waals surface area contributed by atoms with Gasteiger partial charge in [0.05, 0.1) is 0 Å². The molecule has 0 bridgehead atoms. The predicted octanol–water partition coefficient (Wildman–Crippen LogP) is 2.84. The summed E-state index contributed by atoms with van der Waals surface area (Å²) in [5.74, 6) is 1.10. The number of nitrogens with one attached hydrogen (secondary N) is 1. The summed E-state index contributed by atoms with van der Waals surface area (Å²) in [4.78, 5) is 4.49. The maximum Gasteiger partial charge on any atom is 0.102 e. The second-order valence-corrected chi connectivity index (χ2v) is 5.45. The van der Waals surface area contributed by atoms with E-state index in [1.165, 1.54) is 0 Å². The Balaban J connectivity index is 4.57. The van der Waals surface area contributed by atoms with Crippen LogP contribution in [0.25, 0.3) is 0 Å². The van der Waals surface area contributed by atoms with Gasteiger partial charge in [-0.05, 0) is 27.7 Å². The fraction of sp³-hybridized carbons (Fsp3) is 0.909. The van der Waals surface area contributed by atoms with Gasteiger partial charge in [0.25, 0.3) is 0 Å². The number of amidine groups is 1. The lowest BCUT2D eigenvalue weighted by molar-refractivity contribution is 0.464. The van der Waals surface area contributed by atoms with Gasteiger partial charge in [-0.2, -0.15) is 0 Å². The summed E-state index contributed by atoms with van der Waals surface area (Å²) in [5.41, 5.74) is 0.213. The predicted molar refractivity (Wildman–Crippen MR) is 60.3 cm³/mol. The van der Waals surface area contributed by atoms with Crippen LogP contribution in [0.1, 0.15) is 48.5 Å². The quantitative estimate of drug-likeness (QED) is 0.492. The molecule has 0 aliphatic rings. The van der Waals surface area contributed by atoms with Crippen LogP contribution in [-0.2, 0) is 0 Å². The molecule has 0 atom stereocenters. The average molecular weight is 184 g/mol. The van der Waals surface area contributed by atoms with Crippen LogP contribution in [0.3, 0.4) is 0 Å². The maximum absolute atomic E-state index is 4.49. The Bertz CT molecular complexity index is 179. The lowest BCUT2D eigenvalue weighted by Gasteiger charge is -2.30. The Morgan fingerprint density at radius 2 is 1.54 bits per heavy atom. The van der Waals surface area contributed by atoms with Crippen molar-refractivity contribution in [2.24, 2.45) is 10.4 Å². The van der Waals surface area contributed by atoms with Crippen molar-refractivity contribution in [2.75, 3.05) is 6.54 Å². The van der Waals surface area contributed by atoms with Crippen LogP contribution in [0.2, 0.25) is 0 Å². The van der Waals surface area contributed by atoms with E-state index < -0.39 is 0 Å². The molecule has 0 amide bonds. The highest BCUT2D eigenvalue weighted by atomic mass is 15.1. The Morgan fingerprint density at radius 1 is 1.08 bits per heavy atom. The summed E-state index contributed by atoms with van der Waals surface area (Å²) in [6.45, 7) is 15.9. The molecule has 0 fully saturated rings. The SMILES string of the molecule is CCN=C(NC(C)(C)C)C(C)(C)C. The van der Waals surface area contributed by atoms with E-state index in [9.17, 15) is 0 Å². The summed E-state index contributed by atoms with van der Waals surface area (Å²) in [7, 11) is 0. The minimum absolute atomic E-state index is 0.0985. The highest BCUT2D eigenvalue weighted by Crippen LogP contribution is 2.16. The van der Waals surface area contributed by atoms with E-state index in [1.807, 2.05) is 0 Å². The van der Waals surface area contributed by atoms with E-state index in [0.717, 1.165) is 12.4 Å². The molecular weight excluding hydrogens is 160 g/mol. The minimum atomic E-state index is 0.0985. The first-order chi connectivity index (χ1) is 5.67. The molecular formula is C11H24N2. The molecule has 0 aromatic heterocycles. The van der Waals surface area contributed by atoms with Crippen molar-refractivity contribution >= 4 is 5.84 Å². The summed E-state index contributed by atoms with van der Waals surface area (Å²) >= 11 is 0. The first-order valence-corrected chi connectivity index (χ1v) is 5.00. The highest BCUT2D eigenvalue weighted by molar-refractivity contribution is 5.87. The lowest BCUT2D eigenvalue weighted by Crippen LogP contribution is -2.46. The van der Waals surface area contributed by atoms with E-state index >= 15 is 0 Å². The zero-order valence-corrected chi connectivity index (χ0v) is 10.2. The fourth-order valence-corrected chi connectivity index (χ4v) is 0.978. The molecule has 0 saturated carbocycles. The van der Waals surface area contributed by atoms with Gasteiger partial charge < -0.3 is 5.32 Å². The van der Waals surface area contributed by atoms with Gasteiger partial charge in [0.15, 0.2) is 0 Å². The van der Waals surface area contributed by atoms with Crippen LogP contribution in [0.15, 0.2) is 4.99 Å². The van der Waals surface area contributed by atoms with Gasteiger partial charge in [-0.15, -0.1) is 0 Å². The number of hydrogen-bond donors (Lipinski definition) is 1. The van der Waals surface area contributed by atoms with E-state index in [2.05, 4.69) is 58.8 Å². The maximum atomic E-state index is 4.49. The van der Waals surface area contributed by atoms with Crippen LogP contribution >= 0.6 is 0 Å². The third kappa shape index (κ3) is 5.67. The van der Waals surface area contributed by atoms with E-state index in [4.69, 9.17) is 0 Å². The zero-order chi connectivity index (χ0) is 10.7. The third-order valence-corrected chi connectivity index (χ3v) is 1.52. The van der Waals surface area contributed by atoms with Gasteiger partial charge >= 0.3 is 0 Å². The Labute approximate surface area is 82.8 Å². The van der Waals surface area contributed by atoms with Crippen LogP contribution in [-0.4, -0.2) is 17.9 Å². The zero-order valence-electron chi connectivity index (χ0n) is 10.2. The molecule has 0 rings (SSSR count). The van der Waals surface area contributed by atoms with Crippen LogP contribution in [0.5, 0.6) is 0 Å². The van der Waals surface area contributed by atoms with Crippen molar-refractivity contribution < 1.29 is 0 Å². The number of hydrogen-bond acceptors (Lipinski definition) is 1. The average Bonchev–Trinajstić information content (AvgIpc) is 1.81.